The first-order chi connectivity index (χ1) is 4.21. The lowest BCUT2D eigenvalue weighted by Gasteiger charge is -2.10. The Kier molecular flexibility index (Phi) is 2.01. The normalized spacial score (nSPS) is 27.3. The van der Waals surface area contributed by atoms with Crippen LogP contribution in [-0.2, 0) is 4.74 Å². The Labute approximate surface area is 53.0 Å². The molecule has 0 radical (unpaired) electrons. The molecule has 1 heterocycles. The van der Waals surface area contributed by atoms with Crippen molar-refractivity contribution in [3.8, 4) is 0 Å². The maximum Gasteiger partial charge on any atom is 0.250 e. The fraction of sp³-hybridized carbons (Fsp3) is 1.00. The van der Waals surface area contributed by atoms with Gasteiger partial charge in [0.1, 0.15) is 0 Å². The molecule has 1 aliphatic heterocycles. The Morgan fingerprint density at radius 2 is 1.89 bits per heavy atom. The van der Waals surface area contributed by atoms with Crippen molar-refractivity contribution in [1.29, 1.82) is 0 Å². The van der Waals surface area contributed by atoms with E-state index >= 15 is 0 Å². The molecule has 1 nitrogen and oxygen atoms in total. The summed E-state index contributed by atoms with van der Waals surface area (Å²) in [6.45, 7) is 0.711. The van der Waals surface area contributed by atoms with Crippen molar-refractivity contribution in [2.75, 3.05) is 13.2 Å². The lowest BCUT2D eigenvalue weighted by molar-refractivity contribution is -0.0182. The molecule has 0 unspecified atom stereocenters. The van der Waals surface area contributed by atoms with Gasteiger partial charge in [-0.25, -0.2) is 8.78 Å². The van der Waals surface area contributed by atoms with Crippen LogP contribution in [-0.4, -0.2) is 19.1 Å². The zero-order valence-electron chi connectivity index (χ0n) is 5.20. The fourth-order valence-corrected chi connectivity index (χ4v) is 0.881. The molecule has 54 valence electrons. The zero-order valence-corrected chi connectivity index (χ0v) is 5.20. The van der Waals surface area contributed by atoms with E-state index in [1.165, 1.54) is 0 Å². The van der Waals surface area contributed by atoms with Crippen molar-refractivity contribution in [1.82, 2.24) is 0 Å². The third-order valence-electron chi connectivity index (χ3n) is 1.44. The van der Waals surface area contributed by atoms with E-state index < -0.39 is 5.92 Å². The lowest BCUT2D eigenvalue weighted by atomic mass is 10.1. The van der Waals surface area contributed by atoms with Gasteiger partial charge < -0.3 is 4.74 Å². The number of rotatable bonds is 0. The van der Waals surface area contributed by atoms with E-state index in [9.17, 15) is 8.78 Å². The predicted molar refractivity (Wildman–Crippen MR) is 29.6 cm³/mol. The van der Waals surface area contributed by atoms with Crippen LogP contribution < -0.4 is 0 Å². The number of hydrogen-bond acceptors (Lipinski definition) is 1. The molecule has 0 aliphatic carbocycles. The van der Waals surface area contributed by atoms with Crippen molar-refractivity contribution in [2.45, 2.75) is 25.2 Å². The highest BCUT2D eigenvalue weighted by Gasteiger charge is 2.29. The molecule has 0 spiro atoms. The van der Waals surface area contributed by atoms with Crippen molar-refractivity contribution < 1.29 is 13.5 Å². The maximum absolute atomic E-state index is 12.4. The van der Waals surface area contributed by atoms with Crippen LogP contribution in [0, 0.1) is 0 Å². The SMILES string of the molecule is FC1(F)CCCOCC1. The summed E-state index contributed by atoms with van der Waals surface area (Å²) in [5.74, 6) is -2.46. The first kappa shape index (κ1) is 6.93. The minimum absolute atomic E-state index is 0.00694. The summed E-state index contributed by atoms with van der Waals surface area (Å²) in [7, 11) is 0. The summed E-state index contributed by atoms with van der Waals surface area (Å²) in [5, 5.41) is 0. The van der Waals surface area contributed by atoms with Gasteiger partial charge in [-0.05, 0) is 6.42 Å². The lowest BCUT2D eigenvalue weighted by Crippen LogP contribution is -2.15. The van der Waals surface area contributed by atoms with Crippen LogP contribution in [0.3, 0.4) is 0 Å². The van der Waals surface area contributed by atoms with Crippen LogP contribution in [0.15, 0.2) is 0 Å². The molecule has 0 saturated carbocycles. The first-order valence-corrected chi connectivity index (χ1v) is 3.16. The third kappa shape index (κ3) is 2.26. The van der Waals surface area contributed by atoms with E-state index in [0.717, 1.165) is 0 Å². The highest BCUT2D eigenvalue weighted by atomic mass is 19.3. The summed E-state index contributed by atoms with van der Waals surface area (Å²) in [6.07, 6.45) is 0.382. The number of halogens is 2. The average molecular weight is 136 g/mol. The summed E-state index contributed by atoms with van der Waals surface area (Å²) >= 11 is 0. The van der Waals surface area contributed by atoms with Crippen LogP contribution in [0.1, 0.15) is 19.3 Å². The minimum Gasteiger partial charge on any atom is -0.381 e. The molecule has 3 heteroatoms. The smallest absolute Gasteiger partial charge is 0.250 e. The third-order valence-corrected chi connectivity index (χ3v) is 1.44. The van der Waals surface area contributed by atoms with Crippen LogP contribution in [0.25, 0.3) is 0 Å². The molecule has 1 saturated heterocycles. The van der Waals surface area contributed by atoms with Crippen molar-refractivity contribution in [2.24, 2.45) is 0 Å². The highest BCUT2D eigenvalue weighted by molar-refractivity contribution is 4.67. The van der Waals surface area contributed by atoms with Gasteiger partial charge in [-0.15, -0.1) is 0 Å². The van der Waals surface area contributed by atoms with Crippen LogP contribution in [0.4, 0.5) is 8.78 Å². The van der Waals surface area contributed by atoms with Gasteiger partial charge in [0.05, 0.1) is 6.61 Å². The topological polar surface area (TPSA) is 9.23 Å². The molecular formula is C6H10F2O. The van der Waals surface area contributed by atoms with Gasteiger partial charge in [-0.3, -0.25) is 0 Å². The Balaban J connectivity index is 2.36. The molecular weight excluding hydrogens is 126 g/mol. The molecule has 1 aliphatic rings. The van der Waals surface area contributed by atoms with Gasteiger partial charge in [0.15, 0.2) is 0 Å². The number of alkyl halides is 2. The van der Waals surface area contributed by atoms with Crippen LogP contribution >= 0.6 is 0 Å². The average Bonchev–Trinajstić information content (AvgIpc) is 1.92. The van der Waals surface area contributed by atoms with Crippen molar-refractivity contribution in [3.05, 3.63) is 0 Å². The monoisotopic (exact) mass is 136 g/mol. The Morgan fingerprint density at radius 1 is 1.11 bits per heavy atom. The standard InChI is InChI=1S/C6H10F2O/c7-6(8)2-1-4-9-5-3-6/h1-5H2. The molecule has 0 bridgehead atoms. The highest BCUT2D eigenvalue weighted by Crippen LogP contribution is 2.26. The van der Waals surface area contributed by atoms with Gasteiger partial charge in [0.2, 0.25) is 5.92 Å². The van der Waals surface area contributed by atoms with E-state index in [4.69, 9.17) is 4.74 Å². The first-order valence-electron chi connectivity index (χ1n) is 3.16. The summed E-state index contributed by atoms with van der Waals surface area (Å²) in [5.41, 5.74) is 0. The van der Waals surface area contributed by atoms with Gasteiger partial charge in [-0.2, -0.15) is 0 Å². The molecule has 0 amide bonds. The molecule has 1 fully saturated rings. The molecule has 9 heavy (non-hydrogen) atoms. The molecule has 0 atom stereocenters. The van der Waals surface area contributed by atoms with E-state index in [0.29, 0.717) is 13.0 Å². The maximum atomic E-state index is 12.4. The fourth-order valence-electron chi connectivity index (χ4n) is 0.881. The summed E-state index contributed by atoms with van der Waals surface area (Å²) in [4.78, 5) is 0. The Morgan fingerprint density at radius 3 is 2.67 bits per heavy atom. The van der Waals surface area contributed by atoms with Crippen molar-refractivity contribution in [3.63, 3.8) is 0 Å². The van der Waals surface area contributed by atoms with E-state index in [-0.39, 0.29) is 19.4 Å². The van der Waals surface area contributed by atoms with Crippen LogP contribution in [0.5, 0.6) is 0 Å². The molecule has 0 N–H and O–H groups in total. The molecule has 0 aromatic carbocycles. The largest absolute Gasteiger partial charge is 0.381 e. The van der Waals surface area contributed by atoms with E-state index in [1.54, 1.807) is 0 Å². The minimum atomic E-state index is -2.46. The van der Waals surface area contributed by atoms with Gasteiger partial charge in [0, 0.05) is 19.4 Å². The predicted octanol–water partition coefficient (Wildman–Crippen LogP) is 1.82. The second-order valence-corrected chi connectivity index (χ2v) is 2.32. The molecule has 1 rings (SSSR count). The zero-order chi connectivity index (χ0) is 6.74. The Hall–Kier alpha value is -0.180. The quantitative estimate of drug-likeness (QED) is 0.493. The van der Waals surface area contributed by atoms with E-state index in [2.05, 4.69) is 0 Å². The van der Waals surface area contributed by atoms with Crippen molar-refractivity contribution >= 4 is 0 Å². The van der Waals surface area contributed by atoms with Crippen LogP contribution in [0.2, 0.25) is 0 Å². The Bertz CT molecular complexity index is 83.1. The number of ether oxygens (including phenoxy) is 1. The molecule has 0 aromatic heterocycles. The second kappa shape index (κ2) is 2.60. The van der Waals surface area contributed by atoms with Gasteiger partial charge in [-0.1, -0.05) is 0 Å². The van der Waals surface area contributed by atoms with Gasteiger partial charge >= 0.3 is 0 Å². The number of hydrogen-bond donors (Lipinski definition) is 0. The van der Waals surface area contributed by atoms with E-state index in [1.807, 2.05) is 0 Å². The summed E-state index contributed by atoms with van der Waals surface area (Å²) < 4.78 is 29.6. The van der Waals surface area contributed by atoms with Gasteiger partial charge in [0.25, 0.3) is 0 Å². The molecule has 0 aromatic rings. The summed E-state index contributed by atoms with van der Waals surface area (Å²) in [6, 6.07) is 0. The second-order valence-electron chi connectivity index (χ2n) is 2.32.